The van der Waals surface area contributed by atoms with Crippen molar-refractivity contribution in [2.24, 2.45) is 0 Å². The molecule has 0 bridgehead atoms. The van der Waals surface area contributed by atoms with Gasteiger partial charge in [-0.3, -0.25) is 9.80 Å². The second-order valence-electron chi connectivity index (χ2n) is 12.5. The summed E-state index contributed by atoms with van der Waals surface area (Å²) in [5.41, 5.74) is 11.4. The topological polar surface area (TPSA) is 46.9 Å². The maximum atomic E-state index is 12.1. The summed E-state index contributed by atoms with van der Waals surface area (Å²) in [6.07, 6.45) is 8.54. The summed E-state index contributed by atoms with van der Waals surface area (Å²) >= 11 is 0. The van der Waals surface area contributed by atoms with Gasteiger partial charge in [0.2, 0.25) is 0 Å². The van der Waals surface area contributed by atoms with Gasteiger partial charge in [0, 0.05) is 48.4 Å². The van der Waals surface area contributed by atoms with Crippen molar-refractivity contribution in [2.45, 2.75) is 77.5 Å². The summed E-state index contributed by atoms with van der Waals surface area (Å²) in [7, 11) is 4.24. The Morgan fingerprint density at radius 2 is 0.905 bits per heavy atom. The van der Waals surface area contributed by atoms with Gasteiger partial charge in [-0.2, -0.15) is 0 Å². The van der Waals surface area contributed by atoms with Crippen LogP contribution in [0.15, 0.2) is 72.8 Å². The van der Waals surface area contributed by atoms with Gasteiger partial charge in [-0.1, -0.05) is 72.8 Å². The fourth-order valence-corrected chi connectivity index (χ4v) is 7.17. The van der Waals surface area contributed by atoms with E-state index in [1.807, 2.05) is 12.1 Å². The maximum Gasteiger partial charge on any atom is 0.128 e. The molecule has 2 N–H and O–H groups in total. The molecule has 0 saturated heterocycles. The SMILES string of the molecule is CN(Cc1ccccc1)Cc1cc2c(c(-c3c(O)c(CN(C)Cc4ccccc4)cc4c3CCCC4)c1O)CCCC2. The molecule has 218 valence electrons. The van der Waals surface area contributed by atoms with Crippen LogP contribution in [0.3, 0.4) is 0 Å². The third-order valence-electron chi connectivity index (χ3n) is 9.12. The molecule has 4 nitrogen and oxygen atoms in total. The van der Waals surface area contributed by atoms with Crippen LogP contribution in [0.1, 0.15) is 70.2 Å². The lowest BCUT2D eigenvalue weighted by Crippen LogP contribution is -2.19. The third-order valence-corrected chi connectivity index (χ3v) is 9.12. The minimum Gasteiger partial charge on any atom is -0.507 e. The molecule has 4 aromatic carbocycles. The van der Waals surface area contributed by atoms with E-state index >= 15 is 0 Å². The average molecular weight is 561 g/mol. The first-order valence-electron chi connectivity index (χ1n) is 15.7. The normalized spacial score (nSPS) is 14.7. The van der Waals surface area contributed by atoms with Crippen LogP contribution < -0.4 is 0 Å². The van der Waals surface area contributed by atoms with Crippen LogP contribution in [-0.4, -0.2) is 34.1 Å². The van der Waals surface area contributed by atoms with Gasteiger partial charge in [-0.15, -0.1) is 0 Å². The van der Waals surface area contributed by atoms with Crippen LogP contribution in [0.25, 0.3) is 11.1 Å². The molecule has 0 aromatic heterocycles. The van der Waals surface area contributed by atoms with Gasteiger partial charge in [0.05, 0.1) is 0 Å². The van der Waals surface area contributed by atoms with E-state index in [0.29, 0.717) is 24.6 Å². The van der Waals surface area contributed by atoms with Crippen molar-refractivity contribution >= 4 is 0 Å². The van der Waals surface area contributed by atoms with E-state index in [1.54, 1.807) is 0 Å². The Hall–Kier alpha value is -3.60. The first-order valence-corrected chi connectivity index (χ1v) is 15.7. The van der Waals surface area contributed by atoms with E-state index in [2.05, 4.69) is 84.6 Å². The molecule has 0 spiro atoms. The van der Waals surface area contributed by atoms with Crippen molar-refractivity contribution in [3.8, 4) is 22.6 Å². The predicted octanol–water partition coefficient (Wildman–Crippen LogP) is 7.79. The molecule has 0 unspecified atom stereocenters. The molecule has 6 rings (SSSR count). The Bertz CT molecular complexity index is 1410. The molecular formula is C38H44N2O2. The van der Waals surface area contributed by atoms with Crippen molar-refractivity contribution in [3.63, 3.8) is 0 Å². The van der Waals surface area contributed by atoms with Gasteiger partial charge in [-0.05, 0) is 98.8 Å². The van der Waals surface area contributed by atoms with Crippen LogP contribution in [0.2, 0.25) is 0 Å². The van der Waals surface area contributed by atoms with Crippen LogP contribution in [0, 0.1) is 0 Å². The van der Waals surface area contributed by atoms with Crippen molar-refractivity contribution < 1.29 is 10.2 Å². The zero-order chi connectivity index (χ0) is 29.1. The number of phenols is 2. The third kappa shape index (κ3) is 6.11. The van der Waals surface area contributed by atoms with Crippen molar-refractivity contribution in [1.29, 1.82) is 0 Å². The van der Waals surface area contributed by atoms with E-state index in [0.717, 1.165) is 73.9 Å². The molecule has 2 aliphatic rings. The second kappa shape index (κ2) is 12.7. The number of benzene rings is 4. The number of aryl methyl sites for hydroxylation is 2. The Labute approximate surface area is 251 Å². The number of hydrogen-bond acceptors (Lipinski definition) is 4. The Morgan fingerprint density at radius 1 is 0.524 bits per heavy atom. The number of fused-ring (bicyclic) bond motifs is 2. The number of hydrogen-bond donors (Lipinski definition) is 2. The van der Waals surface area contributed by atoms with Gasteiger partial charge < -0.3 is 10.2 Å². The number of nitrogens with zero attached hydrogens (tertiary/aromatic N) is 2. The number of rotatable bonds is 9. The van der Waals surface area contributed by atoms with Crippen LogP contribution in [-0.2, 0) is 51.9 Å². The Kier molecular flexibility index (Phi) is 8.64. The smallest absolute Gasteiger partial charge is 0.128 e. The van der Waals surface area contributed by atoms with Crippen molar-refractivity contribution in [1.82, 2.24) is 9.80 Å². The van der Waals surface area contributed by atoms with E-state index in [-0.39, 0.29) is 0 Å². The van der Waals surface area contributed by atoms with Gasteiger partial charge in [-0.25, -0.2) is 0 Å². The van der Waals surface area contributed by atoms with Gasteiger partial charge >= 0.3 is 0 Å². The highest BCUT2D eigenvalue weighted by atomic mass is 16.3. The van der Waals surface area contributed by atoms with Gasteiger partial charge in [0.25, 0.3) is 0 Å². The van der Waals surface area contributed by atoms with Crippen molar-refractivity contribution in [2.75, 3.05) is 14.1 Å². The molecule has 0 fully saturated rings. The largest absolute Gasteiger partial charge is 0.507 e. The highest BCUT2D eigenvalue weighted by Crippen LogP contribution is 2.49. The molecular weight excluding hydrogens is 516 g/mol. The van der Waals surface area contributed by atoms with E-state index in [1.165, 1.54) is 46.2 Å². The molecule has 4 heteroatoms. The predicted molar refractivity (Wildman–Crippen MR) is 172 cm³/mol. The lowest BCUT2D eigenvalue weighted by molar-refractivity contribution is 0.311. The molecule has 42 heavy (non-hydrogen) atoms. The Balaban J connectivity index is 1.41. The summed E-state index contributed by atoms with van der Waals surface area (Å²) in [6, 6.07) is 25.5. The summed E-state index contributed by atoms with van der Waals surface area (Å²) in [5, 5.41) is 24.1. The summed E-state index contributed by atoms with van der Waals surface area (Å²) in [4.78, 5) is 4.54. The number of phenolic OH excluding ortho intramolecular Hbond substituents is 2. The molecule has 0 atom stereocenters. The fourth-order valence-electron chi connectivity index (χ4n) is 7.17. The molecule has 0 aliphatic heterocycles. The minimum atomic E-state index is 0.355. The van der Waals surface area contributed by atoms with E-state index in [9.17, 15) is 10.2 Å². The van der Waals surface area contributed by atoms with Crippen LogP contribution in [0.5, 0.6) is 11.5 Å². The average Bonchev–Trinajstić information content (AvgIpc) is 3.00. The second-order valence-corrected chi connectivity index (χ2v) is 12.5. The highest BCUT2D eigenvalue weighted by molar-refractivity contribution is 5.85. The lowest BCUT2D eigenvalue weighted by atomic mass is 9.78. The van der Waals surface area contributed by atoms with E-state index < -0.39 is 0 Å². The van der Waals surface area contributed by atoms with E-state index in [4.69, 9.17) is 0 Å². The molecule has 0 saturated carbocycles. The lowest BCUT2D eigenvalue weighted by Gasteiger charge is -2.29. The molecule has 0 heterocycles. The standard InChI is InChI=1S/C38H44N2O2/c1-39(23-27-13-5-3-6-14-27)25-31-21-29-17-9-11-19-33(29)35(37(31)41)36-34-20-12-10-18-30(34)22-32(38(36)42)26-40(2)24-28-15-7-4-8-16-28/h3-8,13-16,21-22,41-42H,9-12,17-20,23-26H2,1-2H3. The first kappa shape index (κ1) is 28.5. The Morgan fingerprint density at radius 3 is 1.31 bits per heavy atom. The minimum absolute atomic E-state index is 0.355. The van der Waals surface area contributed by atoms with Crippen LogP contribution >= 0.6 is 0 Å². The van der Waals surface area contributed by atoms with Gasteiger partial charge in [0.15, 0.2) is 0 Å². The molecule has 0 amide bonds. The summed E-state index contributed by atoms with van der Waals surface area (Å²) in [5.74, 6) is 0.710. The molecule has 0 radical (unpaired) electrons. The number of aromatic hydroxyl groups is 2. The summed E-state index contributed by atoms with van der Waals surface area (Å²) < 4.78 is 0. The highest BCUT2D eigenvalue weighted by Gasteiger charge is 2.29. The van der Waals surface area contributed by atoms with Crippen LogP contribution in [0.4, 0.5) is 0 Å². The molecule has 2 aliphatic carbocycles. The monoisotopic (exact) mass is 560 g/mol. The zero-order valence-electron chi connectivity index (χ0n) is 25.2. The summed E-state index contributed by atoms with van der Waals surface area (Å²) in [6.45, 7) is 2.94. The molecule has 4 aromatic rings. The first-order chi connectivity index (χ1) is 20.5. The quantitative estimate of drug-likeness (QED) is 0.219. The van der Waals surface area contributed by atoms with Crippen molar-refractivity contribution in [3.05, 3.63) is 117 Å². The zero-order valence-corrected chi connectivity index (χ0v) is 25.2. The fraction of sp³-hybridized carbons (Fsp3) is 0.368. The maximum absolute atomic E-state index is 12.1. The van der Waals surface area contributed by atoms with Gasteiger partial charge in [0.1, 0.15) is 11.5 Å².